The van der Waals surface area contributed by atoms with Gasteiger partial charge in [0.2, 0.25) is 0 Å². The van der Waals surface area contributed by atoms with E-state index in [9.17, 15) is 35.1 Å². The van der Waals surface area contributed by atoms with E-state index in [1.165, 1.54) is 0 Å². The van der Waals surface area contributed by atoms with E-state index in [0.717, 1.165) is 0 Å². The van der Waals surface area contributed by atoms with Crippen molar-refractivity contribution in [3.63, 3.8) is 0 Å². The van der Waals surface area contributed by atoms with Gasteiger partial charge in [-0.25, -0.2) is 4.39 Å². The van der Waals surface area contributed by atoms with Crippen LogP contribution in [-0.2, 0) is 13.0 Å². The maximum atomic E-state index is 13.6. The first kappa shape index (κ1) is 29.0. The molecule has 0 rings (SSSR count). The smallest absolute Gasteiger partial charge is 0.422 e. The van der Waals surface area contributed by atoms with Crippen LogP contribution in [0, 0.1) is 0 Å². The SMILES string of the molecule is C[Si](C)(C)O[Si](C)(CCCOC(F)(F)C(F)(F)C(F)CC(F)(F)F)O[Si](C)(C)C. The lowest BCUT2D eigenvalue weighted by Crippen LogP contribution is -2.53. The predicted molar refractivity (Wildman–Crippen MR) is 101 cm³/mol. The molecule has 0 radical (unpaired) electrons. The third kappa shape index (κ3) is 11.2. The van der Waals surface area contributed by atoms with Crippen LogP contribution >= 0.6 is 0 Å². The predicted octanol–water partition coefficient (Wildman–Crippen LogP) is 6.69. The molecule has 0 fully saturated rings. The Bertz CT molecular complexity index is 502. The van der Waals surface area contributed by atoms with Gasteiger partial charge in [-0.2, -0.15) is 30.7 Å². The molecule has 176 valence electrons. The molecule has 0 spiro atoms. The van der Waals surface area contributed by atoms with Gasteiger partial charge in [-0.3, -0.25) is 0 Å². The fourth-order valence-electron chi connectivity index (χ4n) is 2.62. The summed E-state index contributed by atoms with van der Waals surface area (Å²) in [5, 5.41) is 0. The van der Waals surface area contributed by atoms with Gasteiger partial charge in [0.15, 0.2) is 22.8 Å². The molecule has 0 saturated carbocycles. The largest absolute Gasteiger partial charge is 0.437 e. The molecule has 0 aliphatic heterocycles. The fourth-order valence-corrected chi connectivity index (χ4v) is 15.1. The molecule has 0 amide bonds. The van der Waals surface area contributed by atoms with E-state index in [-0.39, 0.29) is 12.5 Å². The lowest BCUT2D eigenvalue weighted by molar-refractivity contribution is -0.366. The second-order valence-electron chi connectivity index (χ2n) is 8.94. The van der Waals surface area contributed by atoms with Crippen LogP contribution in [0.25, 0.3) is 0 Å². The number of hydrogen-bond donors (Lipinski definition) is 0. The molecule has 1 atom stereocenters. The number of halogens is 8. The summed E-state index contributed by atoms with van der Waals surface area (Å²) in [5.41, 5.74) is 0. The lowest BCUT2D eigenvalue weighted by atomic mass is 10.1. The Morgan fingerprint density at radius 2 is 1.17 bits per heavy atom. The summed E-state index contributed by atoms with van der Waals surface area (Å²) >= 11 is 0. The molecule has 14 heteroatoms. The van der Waals surface area contributed by atoms with Crippen LogP contribution in [0.2, 0.25) is 51.9 Å². The monoisotopic (exact) mass is 494 g/mol. The first-order valence-corrected chi connectivity index (χ1v) is 18.3. The third-order valence-corrected chi connectivity index (χ3v) is 12.9. The average Bonchev–Trinajstić information content (AvgIpc) is 2.37. The van der Waals surface area contributed by atoms with Crippen molar-refractivity contribution in [2.45, 2.75) is 89.1 Å². The van der Waals surface area contributed by atoms with Gasteiger partial charge in [0.25, 0.3) is 0 Å². The van der Waals surface area contributed by atoms with Gasteiger partial charge in [-0.1, -0.05) is 0 Å². The zero-order valence-corrected chi connectivity index (χ0v) is 20.7. The highest BCUT2D eigenvalue weighted by Gasteiger charge is 2.65. The molecule has 29 heavy (non-hydrogen) atoms. The summed E-state index contributed by atoms with van der Waals surface area (Å²) in [5.74, 6) is -5.62. The average molecular weight is 495 g/mol. The minimum absolute atomic E-state index is 0.153. The maximum Gasteiger partial charge on any atom is 0.422 e. The standard InChI is InChI=1S/C15H30F8O3Si3/c1-27(2,3)25-29(7,26-28(4,5)6)10-8-9-24-15(22,23)14(20,21)12(16)11-13(17,18)19/h12H,8-11H2,1-7H3. The van der Waals surface area contributed by atoms with Crippen LogP contribution < -0.4 is 0 Å². The molecular formula is C15H30F8O3Si3. The summed E-state index contributed by atoms with van der Waals surface area (Å²) in [7, 11) is -6.95. The van der Waals surface area contributed by atoms with Crippen LogP contribution in [-0.4, -0.2) is 56.2 Å². The van der Waals surface area contributed by atoms with Crippen molar-refractivity contribution in [1.29, 1.82) is 0 Å². The summed E-state index contributed by atoms with van der Waals surface area (Å²) in [6.07, 6.45) is -17.7. The minimum atomic E-state index is -5.62. The highest BCUT2D eigenvalue weighted by atomic mass is 28.5. The Morgan fingerprint density at radius 1 is 0.759 bits per heavy atom. The Balaban J connectivity index is 4.99. The third-order valence-electron chi connectivity index (χ3n) is 3.29. The van der Waals surface area contributed by atoms with Crippen LogP contribution in [0.4, 0.5) is 35.1 Å². The van der Waals surface area contributed by atoms with Gasteiger partial charge in [-0.15, -0.1) is 0 Å². The van der Waals surface area contributed by atoms with Gasteiger partial charge in [0.1, 0.15) is 0 Å². The van der Waals surface area contributed by atoms with Crippen LogP contribution in [0.5, 0.6) is 0 Å². The van der Waals surface area contributed by atoms with Gasteiger partial charge in [0, 0.05) is 0 Å². The second kappa shape index (κ2) is 9.63. The molecule has 3 nitrogen and oxygen atoms in total. The van der Waals surface area contributed by atoms with Gasteiger partial charge >= 0.3 is 26.8 Å². The number of ether oxygens (including phenoxy) is 1. The van der Waals surface area contributed by atoms with Crippen molar-refractivity contribution in [3.05, 3.63) is 0 Å². The molecule has 0 aromatic rings. The molecule has 0 aliphatic carbocycles. The molecular weight excluding hydrogens is 464 g/mol. The second-order valence-corrected chi connectivity index (χ2v) is 21.8. The van der Waals surface area contributed by atoms with Gasteiger partial charge < -0.3 is 13.0 Å². The molecule has 0 aromatic heterocycles. The molecule has 0 aliphatic rings. The molecule has 0 N–H and O–H groups in total. The van der Waals surface area contributed by atoms with Crippen molar-refractivity contribution in [2.75, 3.05) is 6.61 Å². The number of rotatable bonds is 12. The topological polar surface area (TPSA) is 27.7 Å². The van der Waals surface area contributed by atoms with E-state index in [2.05, 4.69) is 4.74 Å². The molecule has 0 heterocycles. The number of alkyl halides is 8. The van der Waals surface area contributed by atoms with E-state index in [0.29, 0.717) is 0 Å². The quantitative estimate of drug-likeness (QED) is 0.172. The zero-order valence-electron chi connectivity index (χ0n) is 17.7. The Kier molecular flexibility index (Phi) is 9.62. The van der Waals surface area contributed by atoms with Crippen LogP contribution in [0.15, 0.2) is 0 Å². The van der Waals surface area contributed by atoms with Crippen molar-refractivity contribution < 1.29 is 48.1 Å². The van der Waals surface area contributed by atoms with Crippen molar-refractivity contribution >= 4 is 25.2 Å². The highest BCUT2D eigenvalue weighted by Crippen LogP contribution is 2.43. The van der Waals surface area contributed by atoms with Gasteiger partial charge in [0.05, 0.1) is 13.0 Å². The first-order valence-electron chi connectivity index (χ1n) is 9.00. The summed E-state index contributed by atoms with van der Waals surface area (Å²) in [6.45, 7) is 12.3. The van der Waals surface area contributed by atoms with E-state index < -0.39 is 62.6 Å². The summed E-state index contributed by atoms with van der Waals surface area (Å²) in [4.78, 5) is 0. The van der Waals surface area contributed by atoms with E-state index >= 15 is 0 Å². The van der Waals surface area contributed by atoms with Crippen molar-refractivity contribution in [1.82, 2.24) is 0 Å². The molecule has 0 aromatic carbocycles. The van der Waals surface area contributed by atoms with E-state index in [4.69, 9.17) is 8.23 Å². The van der Waals surface area contributed by atoms with E-state index in [1.807, 2.05) is 39.3 Å². The minimum Gasteiger partial charge on any atom is -0.437 e. The van der Waals surface area contributed by atoms with Crippen molar-refractivity contribution in [3.8, 4) is 0 Å². The number of hydrogen-bond acceptors (Lipinski definition) is 3. The molecule has 0 bridgehead atoms. The normalized spacial score (nSPS) is 16.2. The summed E-state index contributed by atoms with van der Waals surface area (Å²) < 4.78 is 119. The highest BCUT2D eigenvalue weighted by molar-refractivity contribution is 6.87. The lowest BCUT2D eigenvalue weighted by Gasteiger charge is -2.38. The fraction of sp³-hybridized carbons (Fsp3) is 1.00. The molecule has 1 unspecified atom stereocenters. The van der Waals surface area contributed by atoms with Gasteiger partial charge in [-0.05, 0) is 58.3 Å². The Labute approximate surface area is 169 Å². The Morgan fingerprint density at radius 3 is 1.52 bits per heavy atom. The maximum absolute atomic E-state index is 13.6. The van der Waals surface area contributed by atoms with Crippen molar-refractivity contribution in [2.24, 2.45) is 0 Å². The van der Waals surface area contributed by atoms with Crippen LogP contribution in [0.3, 0.4) is 0 Å². The molecule has 0 saturated heterocycles. The van der Waals surface area contributed by atoms with E-state index in [1.54, 1.807) is 6.55 Å². The Hall–Kier alpha value is -0.0294. The zero-order chi connectivity index (χ0) is 23.5. The first-order chi connectivity index (χ1) is 12.5. The van der Waals surface area contributed by atoms with Crippen LogP contribution in [0.1, 0.15) is 12.8 Å². The summed E-state index contributed by atoms with van der Waals surface area (Å²) in [6, 6.07) is 0.158.